The smallest absolute Gasteiger partial charge is 1.00 e. The molecule has 2 aliphatic carbocycles. The molecule has 7 heteroatoms. The van der Waals surface area contributed by atoms with Gasteiger partial charge in [0.15, 0.2) is 0 Å². The van der Waals surface area contributed by atoms with Crippen LogP contribution in [0.15, 0.2) is 0 Å². The van der Waals surface area contributed by atoms with Crippen molar-refractivity contribution in [1.82, 2.24) is 0 Å². The van der Waals surface area contributed by atoms with Crippen LogP contribution in [0.3, 0.4) is 0 Å². The number of fused-ring (bicyclic) bond motifs is 2. The Kier molecular flexibility index (Phi) is 5.03. The average molecular weight is 274 g/mol. The van der Waals surface area contributed by atoms with E-state index in [1.165, 1.54) is 0 Å². The van der Waals surface area contributed by atoms with Gasteiger partial charge in [0.25, 0.3) is 10.1 Å². The number of carbonyl (C=O) groups excluding carboxylic acids is 1. The van der Waals surface area contributed by atoms with Crippen LogP contribution in [0.5, 0.6) is 0 Å². The van der Waals surface area contributed by atoms with Crippen LogP contribution < -0.4 is 34.3 Å². The Morgan fingerprint density at radius 2 is 1.94 bits per heavy atom. The Morgan fingerprint density at radius 3 is 2.24 bits per heavy atom. The topological polar surface area (TPSA) is 71.4 Å². The molecule has 4 nitrogen and oxygen atoms in total. The minimum atomic E-state index is -4.08. The molecule has 0 spiro atoms. The van der Waals surface area contributed by atoms with E-state index < -0.39 is 21.3 Å². The van der Waals surface area contributed by atoms with E-state index in [9.17, 15) is 13.2 Å². The van der Waals surface area contributed by atoms with Crippen LogP contribution in [0.25, 0.3) is 0 Å². The molecule has 2 rings (SSSR count). The average Bonchev–Trinajstić information content (AvgIpc) is 2.34. The van der Waals surface area contributed by atoms with E-state index in [0.717, 1.165) is 6.42 Å². The summed E-state index contributed by atoms with van der Waals surface area (Å²) in [5.74, 6) is -0.101. The van der Waals surface area contributed by atoms with Gasteiger partial charge in [0.2, 0.25) is 0 Å². The Balaban J connectivity index is 0.00000128. The van der Waals surface area contributed by atoms with Crippen molar-refractivity contribution in [3.63, 3.8) is 0 Å². The summed E-state index contributed by atoms with van der Waals surface area (Å²) in [5, 5.41) is 0. The number of Topliss-reactive ketones (excluding diaryl/α,β-unsaturated/α-hetero) is 1. The van der Waals surface area contributed by atoms with E-state index >= 15 is 0 Å². The summed E-state index contributed by atoms with van der Waals surface area (Å²) in [5.41, 5.74) is -1.12. The summed E-state index contributed by atoms with van der Waals surface area (Å²) in [6, 6.07) is 0. The zero-order valence-corrected chi connectivity index (χ0v) is 13.2. The van der Waals surface area contributed by atoms with Gasteiger partial charge in [-0.25, -0.2) is 0 Å². The maximum Gasteiger partial charge on any atom is 1.00 e. The zero-order chi connectivity index (χ0) is 11.5. The van der Waals surface area contributed by atoms with Crippen molar-refractivity contribution in [3.05, 3.63) is 0 Å². The summed E-state index contributed by atoms with van der Waals surface area (Å²) in [6.07, 6.45) is 1.97. The first-order valence-corrected chi connectivity index (χ1v) is 6.78. The van der Waals surface area contributed by atoms with Crippen LogP contribution in [-0.2, 0) is 14.9 Å². The molecule has 0 saturated heterocycles. The largest absolute Gasteiger partial charge is 1.00 e. The number of hydrogen-bond acceptors (Lipinski definition) is 3. The molecule has 2 unspecified atom stereocenters. The molecular formula is C10H16FNaO4S. The number of halogens is 1. The second-order valence-electron chi connectivity index (χ2n) is 5.39. The molecule has 2 atom stereocenters. The second-order valence-corrected chi connectivity index (χ2v) is 6.85. The van der Waals surface area contributed by atoms with E-state index in [1.807, 2.05) is 13.8 Å². The van der Waals surface area contributed by atoms with Gasteiger partial charge >= 0.3 is 29.6 Å². The molecule has 2 aliphatic rings. The molecule has 2 saturated carbocycles. The minimum Gasteiger partial charge on any atom is -1.00 e. The van der Waals surface area contributed by atoms with Gasteiger partial charge in [-0.05, 0) is 24.2 Å². The third-order valence-corrected chi connectivity index (χ3v) is 5.43. The van der Waals surface area contributed by atoms with Gasteiger partial charge in [-0.2, -0.15) is 8.42 Å². The van der Waals surface area contributed by atoms with Gasteiger partial charge < -0.3 is 4.70 Å². The van der Waals surface area contributed by atoms with Gasteiger partial charge in [-0.1, -0.05) is 13.8 Å². The van der Waals surface area contributed by atoms with Crippen LogP contribution >= 0.6 is 0 Å². The van der Waals surface area contributed by atoms with Crippen molar-refractivity contribution in [2.75, 3.05) is 5.75 Å². The van der Waals surface area contributed by atoms with E-state index in [4.69, 9.17) is 4.55 Å². The number of ketones is 1. The molecule has 0 aliphatic heterocycles. The third-order valence-electron chi connectivity index (χ3n) is 4.57. The third kappa shape index (κ3) is 2.47. The molecular weight excluding hydrogens is 258 g/mol. The van der Waals surface area contributed by atoms with E-state index in [2.05, 4.69) is 0 Å². The SMILES string of the molecule is CC1(C)C2CCC1(CS(=O)(=O)O)C(=O)C2.[F-].[Na+]. The first-order chi connectivity index (χ1) is 6.69. The number of hydrogen-bond donors (Lipinski definition) is 1. The minimum absolute atomic E-state index is 0. The maximum atomic E-state index is 11.9. The predicted molar refractivity (Wildman–Crippen MR) is 55.0 cm³/mol. The second kappa shape index (κ2) is 4.89. The Labute approximate surface area is 123 Å². The fourth-order valence-electron chi connectivity index (χ4n) is 3.42. The number of rotatable bonds is 2. The van der Waals surface area contributed by atoms with Crippen molar-refractivity contribution < 1.29 is 52.0 Å². The molecule has 0 radical (unpaired) electrons. The monoisotopic (exact) mass is 274 g/mol. The quantitative estimate of drug-likeness (QED) is 0.406. The van der Waals surface area contributed by atoms with Crippen LogP contribution in [0.2, 0.25) is 0 Å². The molecule has 94 valence electrons. The van der Waals surface area contributed by atoms with Crippen molar-refractivity contribution in [3.8, 4) is 0 Å². The molecule has 2 bridgehead atoms. The van der Waals surface area contributed by atoms with Crippen molar-refractivity contribution in [2.45, 2.75) is 33.1 Å². The Morgan fingerprint density at radius 1 is 1.41 bits per heavy atom. The van der Waals surface area contributed by atoms with E-state index in [0.29, 0.717) is 12.8 Å². The first kappa shape index (κ1) is 17.5. The summed E-state index contributed by atoms with van der Waals surface area (Å²) in [4.78, 5) is 11.9. The van der Waals surface area contributed by atoms with Gasteiger partial charge in [-0.15, -0.1) is 0 Å². The molecule has 2 fully saturated rings. The van der Waals surface area contributed by atoms with E-state index in [1.54, 1.807) is 0 Å². The summed E-state index contributed by atoms with van der Waals surface area (Å²) in [6.45, 7) is 3.89. The van der Waals surface area contributed by atoms with Crippen LogP contribution in [0, 0.1) is 16.7 Å². The molecule has 1 N–H and O–H groups in total. The standard InChI is InChI=1S/C10H16O4S.FH.Na/c1-9(2)7-3-4-10(9,8(11)5-7)6-15(12,13)14;;/h7H,3-6H2,1-2H3,(H,12,13,14);1H;/q;;+1/p-1. The van der Waals surface area contributed by atoms with Crippen LogP contribution in [0.4, 0.5) is 0 Å². The van der Waals surface area contributed by atoms with Gasteiger partial charge in [0.05, 0.1) is 11.2 Å². The van der Waals surface area contributed by atoms with Crippen molar-refractivity contribution in [1.29, 1.82) is 0 Å². The fraction of sp³-hybridized carbons (Fsp3) is 0.900. The first-order valence-electron chi connectivity index (χ1n) is 5.17. The summed E-state index contributed by atoms with van der Waals surface area (Å²) < 4.78 is 31.0. The molecule has 0 amide bonds. The van der Waals surface area contributed by atoms with Gasteiger partial charge in [-0.3, -0.25) is 9.35 Å². The molecule has 0 heterocycles. The Hall–Kier alpha value is 0.510. The summed E-state index contributed by atoms with van der Waals surface area (Å²) in [7, 11) is -4.08. The van der Waals surface area contributed by atoms with Gasteiger partial charge in [0, 0.05) is 6.42 Å². The molecule has 0 aromatic heterocycles. The molecule has 17 heavy (non-hydrogen) atoms. The fourth-order valence-corrected chi connectivity index (χ4v) is 4.72. The van der Waals surface area contributed by atoms with Crippen molar-refractivity contribution >= 4 is 15.9 Å². The van der Waals surface area contributed by atoms with Crippen LogP contribution in [0.1, 0.15) is 33.1 Å². The predicted octanol–water partition coefficient (Wildman–Crippen LogP) is -4.72. The zero-order valence-electron chi connectivity index (χ0n) is 10.4. The van der Waals surface area contributed by atoms with E-state index in [-0.39, 0.29) is 51.4 Å². The number of carbonyl (C=O) groups is 1. The van der Waals surface area contributed by atoms with Crippen molar-refractivity contribution in [2.24, 2.45) is 16.7 Å². The Bertz CT molecular complexity index is 420. The normalized spacial score (nSPS) is 34.1. The van der Waals surface area contributed by atoms with Gasteiger partial charge in [0.1, 0.15) is 5.78 Å². The maximum absolute atomic E-state index is 11.9. The van der Waals surface area contributed by atoms with Crippen LogP contribution in [-0.4, -0.2) is 24.5 Å². The molecule has 0 aromatic carbocycles. The summed E-state index contributed by atoms with van der Waals surface area (Å²) >= 11 is 0. The molecule has 0 aromatic rings.